The summed E-state index contributed by atoms with van der Waals surface area (Å²) in [6.45, 7) is 2.13. The number of pyridine rings is 1. The molecule has 0 aliphatic heterocycles. The number of nitrogens with zero attached hydrogens (tertiary/aromatic N) is 3. The molecule has 0 radical (unpaired) electrons. The second kappa shape index (κ2) is 4.93. The van der Waals surface area contributed by atoms with Crippen molar-refractivity contribution in [2.45, 2.75) is 13.5 Å². The molecular weight excluding hydrogens is 246 g/mol. The lowest BCUT2D eigenvalue weighted by molar-refractivity contribution is 0.267. The van der Waals surface area contributed by atoms with Gasteiger partial charge in [-0.05, 0) is 24.2 Å². The highest BCUT2D eigenvalue weighted by Gasteiger charge is 2.16. The Kier molecular flexibility index (Phi) is 2.97. The van der Waals surface area contributed by atoms with Gasteiger partial charge in [-0.2, -0.15) is 0 Å². The van der Waals surface area contributed by atoms with Crippen LogP contribution in [0.25, 0.3) is 11.4 Å². The van der Waals surface area contributed by atoms with Gasteiger partial charge in [0.2, 0.25) is 0 Å². The molecule has 0 amide bonds. The van der Waals surface area contributed by atoms with Crippen molar-refractivity contribution >= 4 is 0 Å². The average molecular weight is 257 g/mol. The van der Waals surface area contributed by atoms with Gasteiger partial charge in [0.15, 0.2) is 0 Å². The monoisotopic (exact) mass is 257 g/mol. The SMILES string of the molecule is Cc1onc(-c2ccccn2)c1COc1ccon1. The van der Waals surface area contributed by atoms with Crippen LogP contribution >= 0.6 is 0 Å². The average Bonchev–Trinajstić information content (AvgIpc) is 3.07. The van der Waals surface area contributed by atoms with Gasteiger partial charge in [0.1, 0.15) is 24.3 Å². The minimum atomic E-state index is 0.299. The molecule has 0 bridgehead atoms. The summed E-state index contributed by atoms with van der Waals surface area (Å²) >= 11 is 0. The van der Waals surface area contributed by atoms with E-state index in [4.69, 9.17) is 13.8 Å². The topological polar surface area (TPSA) is 74.2 Å². The number of hydrogen-bond donors (Lipinski definition) is 0. The molecular formula is C13H11N3O3. The minimum Gasteiger partial charge on any atom is -0.470 e. The number of rotatable bonds is 4. The molecule has 0 fully saturated rings. The molecule has 3 aromatic heterocycles. The molecule has 6 heteroatoms. The second-order valence-electron chi connectivity index (χ2n) is 3.91. The van der Waals surface area contributed by atoms with Gasteiger partial charge in [-0.3, -0.25) is 4.98 Å². The van der Waals surface area contributed by atoms with Crippen molar-refractivity contribution in [3.8, 4) is 17.3 Å². The Bertz CT molecular complexity index is 647. The fourth-order valence-corrected chi connectivity index (χ4v) is 1.69. The third-order valence-electron chi connectivity index (χ3n) is 2.67. The van der Waals surface area contributed by atoms with Crippen molar-refractivity contribution < 1.29 is 13.8 Å². The van der Waals surface area contributed by atoms with Crippen molar-refractivity contribution in [2.75, 3.05) is 0 Å². The largest absolute Gasteiger partial charge is 0.470 e. The molecule has 96 valence electrons. The van der Waals surface area contributed by atoms with Gasteiger partial charge < -0.3 is 13.8 Å². The van der Waals surface area contributed by atoms with Gasteiger partial charge >= 0.3 is 0 Å². The Balaban J connectivity index is 1.87. The molecule has 0 saturated heterocycles. The normalized spacial score (nSPS) is 10.6. The predicted octanol–water partition coefficient (Wildman–Crippen LogP) is 2.61. The summed E-state index contributed by atoms with van der Waals surface area (Å²) in [5, 5.41) is 7.71. The first-order valence-electron chi connectivity index (χ1n) is 5.74. The molecule has 0 spiro atoms. The number of aryl methyl sites for hydroxylation is 1. The first-order valence-corrected chi connectivity index (χ1v) is 5.74. The molecule has 3 heterocycles. The van der Waals surface area contributed by atoms with Crippen LogP contribution in [-0.2, 0) is 6.61 Å². The van der Waals surface area contributed by atoms with Crippen LogP contribution in [0.3, 0.4) is 0 Å². The zero-order chi connectivity index (χ0) is 13.1. The lowest BCUT2D eigenvalue weighted by atomic mass is 10.1. The van der Waals surface area contributed by atoms with Crippen LogP contribution in [0.5, 0.6) is 5.88 Å². The maximum absolute atomic E-state index is 5.50. The first kappa shape index (κ1) is 11.5. The Hall–Kier alpha value is -2.63. The standard InChI is InChI=1S/C13H11N3O3/c1-9-10(8-17-12-5-7-18-15-12)13(16-19-9)11-4-2-3-6-14-11/h2-7H,8H2,1H3. The summed E-state index contributed by atoms with van der Waals surface area (Å²) in [5.41, 5.74) is 2.28. The van der Waals surface area contributed by atoms with Crippen LogP contribution < -0.4 is 4.74 Å². The summed E-state index contributed by atoms with van der Waals surface area (Å²) in [4.78, 5) is 4.26. The van der Waals surface area contributed by atoms with Crippen LogP contribution in [0.15, 0.2) is 45.8 Å². The Labute approximate surface area is 109 Å². The summed E-state index contributed by atoms with van der Waals surface area (Å²) in [6.07, 6.45) is 3.16. The summed E-state index contributed by atoms with van der Waals surface area (Å²) in [7, 11) is 0. The van der Waals surface area contributed by atoms with E-state index in [0.717, 1.165) is 11.3 Å². The molecule has 0 N–H and O–H groups in total. The van der Waals surface area contributed by atoms with E-state index in [0.29, 0.717) is 23.9 Å². The van der Waals surface area contributed by atoms with E-state index < -0.39 is 0 Å². The highest BCUT2D eigenvalue weighted by atomic mass is 16.5. The Morgan fingerprint density at radius 2 is 2.16 bits per heavy atom. The molecule has 3 rings (SSSR count). The van der Waals surface area contributed by atoms with Gasteiger partial charge in [0.05, 0.1) is 11.3 Å². The third kappa shape index (κ3) is 2.33. The maximum Gasteiger partial charge on any atom is 0.254 e. The second-order valence-corrected chi connectivity index (χ2v) is 3.91. The van der Waals surface area contributed by atoms with E-state index in [2.05, 4.69) is 15.3 Å². The van der Waals surface area contributed by atoms with Crippen LogP contribution in [-0.4, -0.2) is 15.3 Å². The third-order valence-corrected chi connectivity index (χ3v) is 2.67. The molecule has 0 aromatic carbocycles. The zero-order valence-electron chi connectivity index (χ0n) is 10.2. The van der Waals surface area contributed by atoms with Gasteiger partial charge in [0, 0.05) is 12.3 Å². The smallest absolute Gasteiger partial charge is 0.254 e. The van der Waals surface area contributed by atoms with E-state index in [-0.39, 0.29) is 0 Å². The Morgan fingerprint density at radius 3 is 2.89 bits per heavy atom. The predicted molar refractivity (Wildman–Crippen MR) is 65.3 cm³/mol. The lowest BCUT2D eigenvalue weighted by Gasteiger charge is -2.02. The van der Waals surface area contributed by atoms with Crippen molar-refractivity contribution in [3.05, 3.63) is 48.0 Å². The highest BCUT2D eigenvalue weighted by Crippen LogP contribution is 2.24. The summed E-state index contributed by atoms with van der Waals surface area (Å²) < 4.78 is 15.4. The summed E-state index contributed by atoms with van der Waals surface area (Å²) in [5.74, 6) is 1.12. The van der Waals surface area contributed by atoms with Gasteiger partial charge in [-0.1, -0.05) is 11.2 Å². The Morgan fingerprint density at radius 1 is 1.21 bits per heavy atom. The van der Waals surface area contributed by atoms with Crippen LogP contribution in [0, 0.1) is 6.92 Å². The molecule has 19 heavy (non-hydrogen) atoms. The van der Waals surface area contributed by atoms with Gasteiger partial charge in [0.25, 0.3) is 5.88 Å². The molecule has 0 atom stereocenters. The highest BCUT2D eigenvalue weighted by molar-refractivity contribution is 5.58. The van der Waals surface area contributed by atoms with Crippen molar-refractivity contribution in [1.82, 2.24) is 15.3 Å². The molecule has 0 aliphatic rings. The van der Waals surface area contributed by atoms with Crippen molar-refractivity contribution in [2.24, 2.45) is 0 Å². The number of hydrogen-bond acceptors (Lipinski definition) is 6. The number of aromatic nitrogens is 3. The van der Waals surface area contributed by atoms with E-state index in [1.807, 2.05) is 25.1 Å². The summed E-state index contributed by atoms with van der Waals surface area (Å²) in [6, 6.07) is 7.26. The van der Waals surface area contributed by atoms with E-state index >= 15 is 0 Å². The van der Waals surface area contributed by atoms with Gasteiger partial charge in [-0.15, -0.1) is 0 Å². The lowest BCUT2D eigenvalue weighted by Crippen LogP contribution is -1.98. The molecule has 0 saturated carbocycles. The van der Waals surface area contributed by atoms with Crippen LogP contribution in [0.4, 0.5) is 0 Å². The zero-order valence-corrected chi connectivity index (χ0v) is 10.2. The maximum atomic E-state index is 5.50. The van der Waals surface area contributed by atoms with E-state index in [1.165, 1.54) is 6.26 Å². The van der Waals surface area contributed by atoms with Gasteiger partial charge in [-0.25, -0.2) is 0 Å². The fourth-order valence-electron chi connectivity index (χ4n) is 1.69. The molecule has 6 nitrogen and oxygen atoms in total. The molecule has 3 aromatic rings. The van der Waals surface area contributed by atoms with Crippen LogP contribution in [0.1, 0.15) is 11.3 Å². The van der Waals surface area contributed by atoms with Crippen LogP contribution in [0.2, 0.25) is 0 Å². The minimum absolute atomic E-state index is 0.299. The first-order chi connectivity index (χ1) is 9.34. The van der Waals surface area contributed by atoms with E-state index in [9.17, 15) is 0 Å². The number of ether oxygens (including phenoxy) is 1. The quantitative estimate of drug-likeness (QED) is 0.715. The van der Waals surface area contributed by atoms with E-state index in [1.54, 1.807) is 12.3 Å². The van der Waals surface area contributed by atoms with Crippen molar-refractivity contribution in [3.63, 3.8) is 0 Å². The molecule has 0 unspecified atom stereocenters. The fraction of sp³-hybridized carbons (Fsp3) is 0.154. The van der Waals surface area contributed by atoms with Crippen molar-refractivity contribution in [1.29, 1.82) is 0 Å². The molecule has 0 aliphatic carbocycles.